The predicted octanol–water partition coefficient (Wildman–Crippen LogP) is -0.765. The molecule has 0 radical (unpaired) electrons. The first kappa shape index (κ1) is 12.7. The summed E-state index contributed by atoms with van der Waals surface area (Å²) < 4.78 is 5.34. The van der Waals surface area contributed by atoms with Crippen molar-refractivity contribution in [2.45, 2.75) is 12.1 Å². The zero-order chi connectivity index (χ0) is 13.0. The molecule has 1 aliphatic rings. The van der Waals surface area contributed by atoms with Crippen LogP contribution in [0.4, 0.5) is 5.82 Å². The molecular formula is C11H17N5O2. The Morgan fingerprint density at radius 1 is 1.44 bits per heavy atom. The van der Waals surface area contributed by atoms with Crippen LogP contribution in [0.2, 0.25) is 0 Å². The minimum Gasteiger partial charge on any atom is -0.378 e. The molecule has 2 heterocycles. The Hall–Kier alpha value is -1.73. The van der Waals surface area contributed by atoms with Gasteiger partial charge in [0.15, 0.2) is 5.69 Å². The van der Waals surface area contributed by atoms with Crippen LogP contribution in [0.25, 0.3) is 0 Å². The van der Waals surface area contributed by atoms with Crippen molar-refractivity contribution < 1.29 is 9.53 Å². The highest BCUT2D eigenvalue weighted by atomic mass is 16.5. The molecular weight excluding hydrogens is 234 g/mol. The van der Waals surface area contributed by atoms with Crippen LogP contribution in [-0.4, -0.2) is 55.5 Å². The van der Waals surface area contributed by atoms with E-state index in [1.54, 1.807) is 26.3 Å². The fraction of sp³-hybridized carbons (Fsp3) is 0.545. The molecule has 98 valence electrons. The van der Waals surface area contributed by atoms with E-state index in [2.05, 4.69) is 26.1 Å². The van der Waals surface area contributed by atoms with Gasteiger partial charge in [0.05, 0.1) is 12.1 Å². The summed E-state index contributed by atoms with van der Waals surface area (Å²) in [6.07, 6.45) is 0.116. The Morgan fingerprint density at radius 3 is 2.89 bits per heavy atom. The molecule has 1 aliphatic heterocycles. The van der Waals surface area contributed by atoms with Crippen LogP contribution in [0, 0.1) is 0 Å². The van der Waals surface area contributed by atoms with Crippen LogP contribution < -0.4 is 16.0 Å². The third kappa shape index (κ3) is 2.74. The summed E-state index contributed by atoms with van der Waals surface area (Å²) in [7, 11) is 3.25. The van der Waals surface area contributed by atoms with Gasteiger partial charge in [-0.25, -0.2) is 0 Å². The van der Waals surface area contributed by atoms with Gasteiger partial charge in [-0.3, -0.25) is 4.79 Å². The van der Waals surface area contributed by atoms with Crippen LogP contribution in [0.5, 0.6) is 0 Å². The highest BCUT2D eigenvalue weighted by Crippen LogP contribution is 2.10. The molecule has 1 unspecified atom stereocenters. The van der Waals surface area contributed by atoms with Crippen LogP contribution in [0.15, 0.2) is 12.1 Å². The minimum absolute atomic E-state index is 0.116. The number of nitrogens with zero attached hydrogens (tertiary/aromatic N) is 2. The average molecular weight is 251 g/mol. The molecule has 1 fully saturated rings. The number of rotatable bonds is 4. The zero-order valence-corrected chi connectivity index (χ0v) is 10.4. The van der Waals surface area contributed by atoms with Gasteiger partial charge in [0.2, 0.25) is 0 Å². The maximum atomic E-state index is 11.3. The van der Waals surface area contributed by atoms with E-state index < -0.39 is 0 Å². The number of hydrogen-bond acceptors (Lipinski definition) is 6. The largest absolute Gasteiger partial charge is 0.378 e. The van der Waals surface area contributed by atoms with Gasteiger partial charge in [0.25, 0.3) is 5.91 Å². The molecule has 1 aromatic heterocycles. The molecule has 1 amide bonds. The van der Waals surface area contributed by atoms with Gasteiger partial charge < -0.3 is 20.7 Å². The second kappa shape index (κ2) is 5.74. The lowest BCUT2D eigenvalue weighted by atomic mass is 10.2. The normalized spacial score (nSPS) is 22.8. The summed E-state index contributed by atoms with van der Waals surface area (Å²) in [6, 6.07) is 3.54. The quantitative estimate of drug-likeness (QED) is 0.651. The first-order valence-electron chi connectivity index (χ1n) is 5.80. The SMILES string of the molecule is CNC(=O)c1ccc(NC2CNC[C@@H]2OC)nn1. The number of aromatic nitrogens is 2. The molecule has 1 saturated heterocycles. The third-order valence-electron chi connectivity index (χ3n) is 2.92. The number of carbonyl (C=O) groups is 1. The summed E-state index contributed by atoms with van der Waals surface area (Å²) in [6.45, 7) is 1.63. The van der Waals surface area contributed by atoms with E-state index in [0.29, 0.717) is 11.5 Å². The highest BCUT2D eigenvalue weighted by Gasteiger charge is 2.26. The Morgan fingerprint density at radius 2 is 2.28 bits per heavy atom. The van der Waals surface area contributed by atoms with E-state index >= 15 is 0 Å². The number of hydrogen-bond donors (Lipinski definition) is 3. The molecule has 2 rings (SSSR count). The topological polar surface area (TPSA) is 88.2 Å². The molecule has 3 N–H and O–H groups in total. The zero-order valence-electron chi connectivity index (χ0n) is 10.4. The maximum Gasteiger partial charge on any atom is 0.271 e. The molecule has 0 aliphatic carbocycles. The Labute approximate surface area is 105 Å². The van der Waals surface area contributed by atoms with Crippen molar-refractivity contribution in [1.82, 2.24) is 20.8 Å². The van der Waals surface area contributed by atoms with Crippen molar-refractivity contribution in [2.24, 2.45) is 0 Å². The van der Waals surface area contributed by atoms with Crippen molar-refractivity contribution in [3.05, 3.63) is 17.8 Å². The maximum absolute atomic E-state index is 11.3. The summed E-state index contributed by atoms with van der Waals surface area (Å²) in [5.74, 6) is 0.393. The summed E-state index contributed by atoms with van der Waals surface area (Å²) >= 11 is 0. The first-order chi connectivity index (χ1) is 8.74. The van der Waals surface area contributed by atoms with Gasteiger partial charge in [0.1, 0.15) is 5.82 Å². The van der Waals surface area contributed by atoms with Crippen LogP contribution in [0.3, 0.4) is 0 Å². The van der Waals surface area contributed by atoms with E-state index in [-0.39, 0.29) is 18.1 Å². The van der Waals surface area contributed by atoms with E-state index in [0.717, 1.165) is 13.1 Å². The number of amides is 1. The second-order valence-electron chi connectivity index (χ2n) is 4.07. The predicted molar refractivity (Wildman–Crippen MR) is 66.5 cm³/mol. The van der Waals surface area contributed by atoms with Crippen LogP contribution >= 0.6 is 0 Å². The van der Waals surface area contributed by atoms with Gasteiger partial charge in [-0.1, -0.05) is 0 Å². The van der Waals surface area contributed by atoms with Crippen molar-refractivity contribution in [3.63, 3.8) is 0 Å². The van der Waals surface area contributed by atoms with E-state index in [1.807, 2.05) is 0 Å². The number of ether oxygens (including phenoxy) is 1. The lowest BCUT2D eigenvalue weighted by Gasteiger charge is -2.18. The fourth-order valence-electron chi connectivity index (χ4n) is 1.89. The van der Waals surface area contributed by atoms with Crippen molar-refractivity contribution >= 4 is 11.7 Å². The van der Waals surface area contributed by atoms with Crippen molar-refractivity contribution in [1.29, 1.82) is 0 Å². The van der Waals surface area contributed by atoms with Gasteiger partial charge >= 0.3 is 0 Å². The molecule has 7 nitrogen and oxygen atoms in total. The molecule has 0 saturated carbocycles. The van der Waals surface area contributed by atoms with Gasteiger partial charge in [-0.05, 0) is 12.1 Å². The first-order valence-corrected chi connectivity index (χ1v) is 5.80. The third-order valence-corrected chi connectivity index (χ3v) is 2.92. The lowest BCUT2D eigenvalue weighted by molar-refractivity contribution is 0.0957. The number of carbonyl (C=O) groups excluding carboxylic acids is 1. The number of nitrogens with one attached hydrogen (secondary N) is 3. The molecule has 18 heavy (non-hydrogen) atoms. The van der Waals surface area contributed by atoms with E-state index in [4.69, 9.17) is 4.74 Å². The van der Waals surface area contributed by atoms with Crippen molar-refractivity contribution in [3.8, 4) is 0 Å². The molecule has 7 heteroatoms. The van der Waals surface area contributed by atoms with Gasteiger partial charge in [0, 0.05) is 27.2 Å². The monoisotopic (exact) mass is 251 g/mol. The van der Waals surface area contributed by atoms with Gasteiger partial charge in [-0.15, -0.1) is 10.2 Å². The summed E-state index contributed by atoms with van der Waals surface area (Å²) in [5, 5.41) is 16.8. The summed E-state index contributed by atoms with van der Waals surface area (Å²) in [4.78, 5) is 11.3. The highest BCUT2D eigenvalue weighted by molar-refractivity contribution is 5.91. The molecule has 1 aromatic rings. The fourth-order valence-corrected chi connectivity index (χ4v) is 1.89. The molecule has 0 bridgehead atoms. The number of anilines is 1. The van der Waals surface area contributed by atoms with E-state index in [1.165, 1.54) is 0 Å². The van der Waals surface area contributed by atoms with Crippen LogP contribution in [-0.2, 0) is 4.74 Å². The minimum atomic E-state index is -0.244. The Balaban J connectivity index is 2.00. The standard InChI is InChI=1S/C11H17N5O2/c1-12-11(17)7-3-4-10(16-15-7)14-8-5-13-6-9(8)18-2/h3-4,8-9,13H,5-6H2,1-2H3,(H,12,17)(H,14,16)/t8?,9-/m0/s1. The second-order valence-corrected chi connectivity index (χ2v) is 4.07. The average Bonchev–Trinajstić information content (AvgIpc) is 2.86. The summed E-state index contributed by atoms with van der Waals surface area (Å²) in [5.41, 5.74) is 0.302. The van der Waals surface area contributed by atoms with Crippen LogP contribution in [0.1, 0.15) is 10.5 Å². The lowest BCUT2D eigenvalue weighted by Crippen LogP contribution is -2.34. The smallest absolute Gasteiger partial charge is 0.271 e. The van der Waals surface area contributed by atoms with Crippen molar-refractivity contribution in [2.75, 3.05) is 32.6 Å². The number of methoxy groups -OCH3 is 1. The van der Waals surface area contributed by atoms with E-state index in [9.17, 15) is 4.79 Å². The molecule has 2 atom stereocenters. The molecule has 0 aromatic carbocycles. The van der Waals surface area contributed by atoms with Gasteiger partial charge in [-0.2, -0.15) is 0 Å². The Kier molecular flexibility index (Phi) is 4.06. The molecule has 0 spiro atoms. The Bertz CT molecular complexity index is 408.